The van der Waals surface area contributed by atoms with E-state index in [0.717, 1.165) is 5.56 Å². The highest BCUT2D eigenvalue weighted by atomic mass is 16.5. The Hall–Kier alpha value is -2.02. The van der Waals surface area contributed by atoms with Crippen LogP contribution >= 0.6 is 0 Å². The second-order valence-electron chi connectivity index (χ2n) is 3.01. The first-order valence-electron chi connectivity index (χ1n) is 4.41. The molecule has 0 unspecified atom stereocenters. The molecule has 4 nitrogen and oxygen atoms in total. The van der Waals surface area contributed by atoms with Gasteiger partial charge < -0.3 is 10.5 Å². The Labute approximate surface area is 88.5 Å². The summed E-state index contributed by atoms with van der Waals surface area (Å²) in [6.07, 6.45) is 1.73. The molecule has 1 rings (SSSR count). The van der Waals surface area contributed by atoms with Gasteiger partial charge in [-0.1, -0.05) is 5.92 Å². The van der Waals surface area contributed by atoms with E-state index in [4.69, 9.17) is 5.73 Å². The molecule has 15 heavy (non-hydrogen) atoms. The monoisotopic (exact) mass is 204 g/mol. The molecule has 0 radical (unpaired) electrons. The normalized spacial score (nSPS) is 8.93. The van der Waals surface area contributed by atoms with Crippen LogP contribution in [0.5, 0.6) is 0 Å². The quantitative estimate of drug-likeness (QED) is 0.545. The number of anilines is 1. The Morgan fingerprint density at radius 2 is 2.40 bits per heavy atom. The van der Waals surface area contributed by atoms with Gasteiger partial charge in [0.2, 0.25) is 0 Å². The van der Waals surface area contributed by atoms with Crippen LogP contribution in [0.2, 0.25) is 0 Å². The SMILES string of the molecule is COC(=O)CC#Cc1ncc(C)cc1N. The summed E-state index contributed by atoms with van der Waals surface area (Å²) >= 11 is 0. The summed E-state index contributed by atoms with van der Waals surface area (Å²) < 4.78 is 4.44. The van der Waals surface area contributed by atoms with Crippen molar-refractivity contribution in [1.82, 2.24) is 4.98 Å². The maximum absolute atomic E-state index is 10.8. The minimum Gasteiger partial charge on any atom is -0.468 e. The molecule has 2 N–H and O–H groups in total. The second kappa shape index (κ2) is 5.01. The van der Waals surface area contributed by atoms with Crippen molar-refractivity contribution >= 4 is 11.7 Å². The van der Waals surface area contributed by atoms with Gasteiger partial charge >= 0.3 is 5.97 Å². The summed E-state index contributed by atoms with van der Waals surface area (Å²) in [5.74, 6) is 5.00. The molecule has 1 heterocycles. The number of hydrogen-bond donors (Lipinski definition) is 1. The van der Waals surface area contributed by atoms with E-state index in [9.17, 15) is 4.79 Å². The molecule has 0 aliphatic carbocycles. The van der Waals surface area contributed by atoms with E-state index in [1.54, 1.807) is 12.3 Å². The molecule has 0 aliphatic rings. The molecular weight excluding hydrogens is 192 g/mol. The van der Waals surface area contributed by atoms with Crippen LogP contribution < -0.4 is 5.73 Å². The molecule has 78 valence electrons. The van der Waals surface area contributed by atoms with Crippen LogP contribution in [0.4, 0.5) is 5.69 Å². The van der Waals surface area contributed by atoms with Crippen molar-refractivity contribution in [2.24, 2.45) is 0 Å². The van der Waals surface area contributed by atoms with E-state index < -0.39 is 0 Å². The summed E-state index contributed by atoms with van der Waals surface area (Å²) in [6.45, 7) is 1.90. The number of nitrogens with two attached hydrogens (primary N) is 1. The van der Waals surface area contributed by atoms with E-state index in [1.807, 2.05) is 6.92 Å². The van der Waals surface area contributed by atoms with Gasteiger partial charge in [-0.05, 0) is 24.5 Å². The topological polar surface area (TPSA) is 65.2 Å². The van der Waals surface area contributed by atoms with E-state index >= 15 is 0 Å². The predicted molar refractivity (Wildman–Crippen MR) is 56.9 cm³/mol. The first-order chi connectivity index (χ1) is 7.13. The van der Waals surface area contributed by atoms with Crippen molar-refractivity contribution in [2.75, 3.05) is 12.8 Å². The lowest BCUT2D eigenvalue weighted by Crippen LogP contribution is -1.98. The maximum Gasteiger partial charge on any atom is 0.317 e. The fraction of sp³-hybridized carbons (Fsp3) is 0.273. The van der Waals surface area contributed by atoms with Crippen LogP contribution in [-0.2, 0) is 9.53 Å². The van der Waals surface area contributed by atoms with Crippen molar-refractivity contribution in [3.8, 4) is 11.8 Å². The number of rotatable bonds is 1. The van der Waals surface area contributed by atoms with Crippen LogP contribution in [-0.4, -0.2) is 18.1 Å². The number of aryl methyl sites for hydroxylation is 1. The van der Waals surface area contributed by atoms with Gasteiger partial charge in [-0.3, -0.25) is 4.79 Å². The average Bonchev–Trinajstić information content (AvgIpc) is 2.21. The largest absolute Gasteiger partial charge is 0.468 e. The number of esters is 1. The molecule has 0 aliphatic heterocycles. The van der Waals surface area contributed by atoms with Gasteiger partial charge in [-0.15, -0.1) is 0 Å². The molecule has 0 bridgehead atoms. The first kappa shape index (κ1) is 11.1. The predicted octanol–water partition coefficient (Wildman–Crippen LogP) is 0.887. The van der Waals surface area contributed by atoms with Gasteiger partial charge in [0.1, 0.15) is 12.1 Å². The Morgan fingerprint density at radius 3 is 3.00 bits per heavy atom. The van der Waals surface area contributed by atoms with E-state index in [-0.39, 0.29) is 12.4 Å². The van der Waals surface area contributed by atoms with Crippen LogP contribution in [0.3, 0.4) is 0 Å². The zero-order chi connectivity index (χ0) is 11.3. The number of aromatic nitrogens is 1. The second-order valence-corrected chi connectivity index (χ2v) is 3.01. The van der Waals surface area contributed by atoms with Gasteiger partial charge in [0.25, 0.3) is 0 Å². The number of carbonyl (C=O) groups is 1. The number of hydrogen-bond acceptors (Lipinski definition) is 4. The van der Waals surface area contributed by atoms with Gasteiger partial charge in [-0.2, -0.15) is 0 Å². The van der Waals surface area contributed by atoms with Crippen LogP contribution in [0, 0.1) is 18.8 Å². The Kier molecular flexibility index (Phi) is 3.69. The molecule has 0 saturated heterocycles. The molecule has 0 amide bonds. The Morgan fingerprint density at radius 1 is 1.67 bits per heavy atom. The molecule has 1 aromatic heterocycles. The number of carbonyl (C=O) groups excluding carboxylic acids is 1. The third kappa shape index (κ3) is 3.31. The number of ether oxygens (including phenoxy) is 1. The summed E-state index contributed by atoms with van der Waals surface area (Å²) in [5, 5.41) is 0. The Balaban J connectivity index is 2.76. The average molecular weight is 204 g/mol. The maximum atomic E-state index is 10.8. The zero-order valence-electron chi connectivity index (χ0n) is 8.70. The highest BCUT2D eigenvalue weighted by molar-refractivity contribution is 5.72. The summed E-state index contributed by atoms with van der Waals surface area (Å²) in [5.41, 5.74) is 7.68. The zero-order valence-corrected chi connectivity index (χ0v) is 8.70. The van der Waals surface area contributed by atoms with E-state index in [0.29, 0.717) is 11.4 Å². The lowest BCUT2D eigenvalue weighted by atomic mass is 10.2. The smallest absolute Gasteiger partial charge is 0.317 e. The Bertz CT molecular complexity index is 430. The fourth-order valence-corrected chi connectivity index (χ4v) is 0.969. The van der Waals surface area contributed by atoms with Crippen LogP contribution in [0.25, 0.3) is 0 Å². The first-order valence-corrected chi connectivity index (χ1v) is 4.41. The minimum atomic E-state index is -0.367. The molecule has 0 saturated carbocycles. The summed E-state index contributed by atoms with van der Waals surface area (Å²) in [4.78, 5) is 14.8. The van der Waals surface area contributed by atoms with Crippen molar-refractivity contribution in [3.05, 3.63) is 23.5 Å². The van der Waals surface area contributed by atoms with Crippen LogP contribution in [0.1, 0.15) is 17.7 Å². The molecule has 1 aromatic rings. The third-order valence-electron chi connectivity index (χ3n) is 1.72. The fourth-order valence-electron chi connectivity index (χ4n) is 0.969. The van der Waals surface area contributed by atoms with Crippen molar-refractivity contribution in [2.45, 2.75) is 13.3 Å². The molecular formula is C11H12N2O2. The lowest BCUT2D eigenvalue weighted by molar-refractivity contribution is -0.139. The summed E-state index contributed by atoms with van der Waals surface area (Å²) in [7, 11) is 1.32. The summed E-state index contributed by atoms with van der Waals surface area (Å²) in [6, 6.07) is 1.79. The lowest BCUT2D eigenvalue weighted by Gasteiger charge is -1.97. The van der Waals surface area contributed by atoms with Gasteiger partial charge in [0, 0.05) is 6.20 Å². The van der Waals surface area contributed by atoms with Crippen molar-refractivity contribution < 1.29 is 9.53 Å². The number of nitrogen functional groups attached to an aromatic ring is 1. The highest BCUT2D eigenvalue weighted by Crippen LogP contribution is 2.08. The third-order valence-corrected chi connectivity index (χ3v) is 1.72. The van der Waals surface area contributed by atoms with E-state index in [1.165, 1.54) is 7.11 Å². The molecule has 4 heteroatoms. The standard InChI is InChI=1S/C11H12N2O2/c1-8-6-9(12)10(13-7-8)4-3-5-11(14)15-2/h6-7H,5,12H2,1-2H3. The molecule has 0 aromatic carbocycles. The molecule has 0 atom stereocenters. The molecule has 0 fully saturated rings. The van der Waals surface area contributed by atoms with Gasteiger partial charge in [-0.25, -0.2) is 4.98 Å². The van der Waals surface area contributed by atoms with Crippen molar-refractivity contribution in [3.63, 3.8) is 0 Å². The number of nitrogens with zero attached hydrogens (tertiary/aromatic N) is 1. The van der Waals surface area contributed by atoms with Crippen LogP contribution in [0.15, 0.2) is 12.3 Å². The number of methoxy groups -OCH3 is 1. The molecule has 0 spiro atoms. The van der Waals surface area contributed by atoms with Gasteiger partial charge in [0.05, 0.1) is 12.8 Å². The van der Waals surface area contributed by atoms with E-state index in [2.05, 4.69) is 21.6 Å². The van der Waals surface area contributed by atoms with Crippen molar-refractivity contribution in [1.29, 1.82) is 0 Å². The van der Waals surface area contributed by atoms with Gasteiger partial charge in [0.15, 0.2) is 0 Å². The number of pyridine rings is 1. The highest BCUT2D eigenvalue weighted by Gasteiger charge is 1.97. The minimum absolute atomic E-state index is 0.0471.